The average molecular weight is 276 g/mol. The number of carbonyl (C=O) groups is 3. The fourth-order valence-corrected chi connectivity index (χ4v) is 2.07. The number of carbonyl (C=O) groups excluding carboxylic acids is 3. The van der Waals surface area contributed by atoms with E-state index in [1.165, 1.54) is 6.07 Å². The van der Waals surface area contributed by atoms with Gasteiger partial charge in [-0.25, -0.2) is 4.39 Å². The Morgan fingerprint density at radius 2 is 2.20 bits per heavy atom. The highest BCUT2D eigenvalue weighted by molar-refractivity contribution is 6.18. The van der Waals surface area contributed by atoms with E-state index < -0.39 is 36.1 Å². The molecule has 2 rings (SSSR count). The number of fused-ring (bicyclic) bond motifs is 1. The number of ether oxygens (including phenoxy) is 1. The molecule has 0 saturated carbocycles. The first-order valence-electron chi connectivity index (χ1n) is 5.61. The second kappa shape index (κ2) is 5.09. The molecule has 7 heteroatoms. The minimum atomic E-state index is -1.43. The highest BCUT2D eigenvalue weighted by Gasteiger charge is 2.43. The van der Waals surface area contributed by atoms with E-state index in [0.717, 1.165) is 19.2 Å². The topological polar surface area (TPSA) is 87.5 Å². The quantitative estimate of drug-likeness (QED) is 0.341. The minimum absolute atomic E-state index is 0.0108. The van der Waals surface area contributed by atoms with Gasteiger partial charge in [0, 0.05) is 5.56 Å². The number of esters is 1. The van der Waals surface area contributed by atoms with Crippen molar-refractivity contribution < 1.29 is 23.5 Å². The van der Waals surface area contributed by atoms with Gasteiger partial charge >= 0.3 is 5.97 Å². The van der Waals surface area contributed by atoms with Gasteiger partial charge < -0.3 is 4.74 Å². The zero-order chi connectivity index (χ0) is 14.9. The molecule has 0 fully saturated rings. The maximum Gasteiger partial charge on any atom is 0.322 e. The molecule has 1 unspecified atom stereocenters. The van der Waals surface area contributed by atoms with E-state index in [0.29, 0.717) is 4.90 Å². The second-order valence-corrected chi connectivity index (χ2v) is 4.08. The van der Waals surface area contributed by atoms with Crippen LogP contribution >= 0.6 is 0 Å². The lowest BCUT2D eigenvalue weighted by Crippen LogP contribution is -2.47. The van der Waals surface area contributed by atoms with Crippen LogP contribution in [0.15, 0.2) is 18.2 Å². The van der Waals surface area contributed by atoms with E-state index in [2.05, 4.69) is 4.74 Å². The Kier molecular flexibility index (Phi) is 3.48. The van der Waals surface area contributed by atoms with Crippen LogP contribution in [0.3, 0.4) is 0 Å². The van der Waals surface area contributed by atoms with E-state index in [-0.39, 0.29) is 11.1 Å². The SMILES string of the molecule is COC(=O)C1C(=O)N(CC#N)C(=O)c2ccc(F)cc21. The van der Waals surface area contributed by atoms with Crippen LogP contribution in [0.5, 0.6) is 0 Å². The largest absolute Gasteiger partial charge is 0.468 e. The zero-order valence-electron chi connectivity index (χ0n) is 10.4. The monoisotopic (exact) mass is 276 g/mol. The van der Waals surface area contributed by atoms with Crippen molar-refractivity contribution in [1.29, 1.82) is 5.26 Å². The van der Waals surface area contributed by atoms with E-state index >= 15 is 0 Å². The van der Waals surface area contributed by atoms with Crippen molar-refractivity contribution in [2.75, 3.05) is 13.7 Å². The van der Waals surface area contributed by atoms with E-state index in [1.807, 2.05) is 0 Å². The second-order valence-electron chi connectivity index (χ2n) is 4.08. The highest BCUT2D eigenvalue weighted by atomic mass is 19.1. The number of imide groups is 1. The highest BCUT2D eigenvalue weighted by Crippen LogP contribution is 2.30. The maximum absolute atomic E-state index is 13.3. The lowest BCUT2D eigenvalue weighted by molar-refractivity contribution is -0.148. The number of halogens is 1. The van der Waals surface area contributed by atoms with Gasteiger partial charge in [-0.05, 0) is 23.8 Å². The van der Waals surface area contributed by atoms with Crippen molar-refractivity contribution in [3.05, 3.63) is 35.1 Å². The van der Waals surface area contributed by atoms with Crippen LogP contribution in [0.25, 0.3) is 0 Å². The number of nitriles is 1. The molecule has 0 aliphatic carbocycles. The number of rotatable bonds is 2. The van der Waals surface area contributed by atoms with Gasteiger partial charge in [-0.2, -0.15) is 5.26 Å². The van der Waals surface area contributed by atoms with Crippen LogP contribution in [-0.2, 0) is 14.3 Å². The molecule has 2 amide bonds. The molecular formula is C13H9FN2O4. The normalized spacial score (nSPS) is 17.4. The minimum Gasteiger partial charge on any atom is -0.468 e. The number of nitrogens with zero attached hydrogens (tertiary/aromatic N) is 2. The fourth-order valence-electron chi connectivity index (χ4n) is 2.07. The van der Waals surface area contributed by atoms with Crippen molar-refractivity contribution in [3.8, 4) is 6.07 Å². The Labute approximate surface area is 113 Å². The Morgan fingerprint density at radius 1 is 1.50 bits per heavy atom. The fraction of sp³-hybridized carbons (Fsp3) is 0.231. The number of hydrogen-bond donors (Lipinski definition) is 0. The summed E-state index contributed by atoms with van der Waals surface area (Å²) in [4.78, 5) is 36.6. The Morgan fingerprint density at radius 3 is 2.80 bits per heavy atom. The summed E-state index contributed by atoms with van der Waals surface area (Å²) < 4.78 is 17.8. The van der Waals surface area contributed by atoms with Crippen LogP contribution in [0.1, 0.15) is 21.8 Å². The summed E-state index contributed by atoms with van der Waals surface area (Å²) >= 11 is 0. The van der Waals surface area contributed by atoms with Crippen LogP contribution in [0.4, 0.5) is 4.39 Å². The number of amides is 2. The first-order valence-corrected chi connectivity index (χ1v) is 5.61. The molecule has 102 valence electrons. The molecule has 20 heavy (non-hydrogen) atoms. The predicted octanol–water partition coefficient (Wildman–Crippen LogP) is 0.588. The zero-order valence-corrected chi connectivity index (χ0v) is 10.4. The average Bonchev–Trinajstić information content (AvgIpc) is 2.43. The standard InChI is InChI=1S/C13H9FN2O4/c1-20-13(19)10-9-6-7(14)2-3-8(9)11(17)16(5-4-15)12(10)18/h2-3,6,10H,5H2,1H3. The van der Waals surface area contributed by atoms with Gasteiger partial charge in [0.2, 0.25) is 5.91 Å². The van der Waals surface area contributed by atoms with Crippen LogP contribution in [0, 0.1) is 17.1 Å². The Balaban J connectivity index is 2.63. The van der Waals surface area contributed by atoms with Gasteiger partial charge in [0.15, 0.2) is 5.92 Å². The molecule has 0 aromatic heterocycles. The van der Waals surface area contributed by atoms with Crippen molar-refractivity contribution in [3.63, 3.8) is 0 Å². The summed E-state index contributed by atoms with van der Waals surface area (Å²) in [5.41, 5.74) is -0.0299. The van der Waals surface area contributed by atoms with Gasteiger partial charge in [-0.3, -0.25) is 19.3 Å². The lowest BCUT2D eigenvalue weighted by Gasteiger charge is -2.29. The summed E-state index contributed by atoms with van der Waals surface area (Å²) in [6.45, 7) is -0.484. The lowest BCUT2D eigenvalue weighted by atomic mass is 9.88. The van der Waals surface area contributed by atoms with Crippen molar-refractivity contribution >= 4 is 17.8 Å². The van der Waals surface area contributed by atoms with Gasteiger partial charge in [0.05, 0.1) is 13.2 Å². The third-order valence-electron chi connectivity index (χ3n) is 2.98. The molecule has 0 bridgehead atoms. The summed E-state index contributed by atoms with van der Waals surface area (Å²) in [7, 11) is 1.08. The summed E-state index contributed by atoms with van der Waals surface area (Å²) in [5.74, 6) is -4.63. The first-order chi connectivity index (χ1) is 9.51. The summed E-state index contributed by atoms with van der Waals surface area (Å²) in [5, 5.41) is 8.66. The van der Waals surface area contributed by atoms with E-state index in [1.54, 1.807) is 6.07 Å². The van der Waals surface area contributed by atoms with Crippen LogP contribution < -0.4 is 0 Å². The first kappa shape index (κ1) is 13.7. The number of hydrogen-bond acceptors (Lipinski definition) is 5. The molecule has 1 aromatic carbocycles. The van der Waals surface area contributed by atoms with Crippen molar-refractivity contribution in [1.82, 2.24) is 4.90 Å². The molecule has 1 atom stereocenters. The molecule has 1 aromatic rings. The third kappa shape index (κ3) is 2.01. The molecule has 0 radical (unpaired) electrons. The Bertz CT molecular complexity index is 650. The molecule has 0 saturated heterocycles. The molecule has 1 aliphatic rings. The van der Waals surface area contributed by atoms with Crippen LogP contribution in [-0.4, -0.2) is 36.3 Å². The van der Waals surface area contributed by atoms with Crippen LogP contribution in [0.2, 0.25) is 0 Å². The molecule has 1 aliphatic heterocycles. The van der Waals surface area contributed by atoms with Gasteiger partial charge in [-0.1, -0.05) is 0 Å². The number of methoxy groups -OCH3 is 1. The van der Waals surface area contributed by atoms with Gasteiger partial charge in [0.25, 0.3) is 5.91 Å². The Hall–Kier alpha value is -2.75. The van der Waals surface area contributed by atoms with Crippen molar-refractivity contribution in [2.24, 2.45) is 0 Å². The molecule has 0 N–H and O–H groups in total. The maximum atomic E-state index is 13.3. The molecular weight excluding hydrogens is 267 g/mol. The van der Waals surface area contributed by atoms with Gasteiger partial charge in [0.1, 0.15) is 12.4 Å². The summed E-state index contributed by atoms with van der Waals surface area (Å²) in [6, 6.07) is 4.86. The van der Waals surface area contributed by atoms with Crippen molar-refractivity contribution in [2.45, 2.75) is 5.92 Å². The van der Waals surface area contributed by atoms with Gasteiger partial charge in [-0.15, -0.1) is 0 Å². The number of benzene rings is 1. The summed E-state index contributed by atoms with van der Waals surface area (Å²) in [6.07, 6.45) is 0. The molecule has 0 spiro atoms. The third-order valence-corrected chi connectivity index (χ3v) is 2.98. The van der Waals surface area contributed by atoms with E-state index in [9.17, 15) is 18.8 Å². The smallest absolute Gasteiger partial charge is 0.322 e. The molecule has 6 nitrogen and oxygen atoms in total. The molecule has 1 heterocycles. The van der Waals surface area contributed by atoms with E-state index in [4.69, 9.17) is 5.26 Å². The predicted molar refractivity (Wildman–Crippen MR) is 62.8 cm³/mol.